The summed E-state index contributed by atoms with van der Waals surface area (Å²) < 4.78 is 5.47. The van der Waals surface area contributed by atoms with E-state index < -0.39 is 0 Å². The van der Waals surface area contributed by atoms with Gasteiger partial charge in [-0.15, -0.1) is 0 Å². The Hall–Kier alpha value is -1.84. The molecule has 0 amide bonds. The Morgan fingerprint density at radius 2 is 1.79 bits per heavy atom. The molecular formula is C30H42N2O. The molecule has 1 atom stereocenters. The minimum Gasteiger partial charge on any atom is -0.497 e. The molecule has 1 spiro atoms. The van der Waals surface area contributed by atoms with Crippen LogP contribution in [0.1, 0.15) is 68.1 Å². The molecule has 2 aliphatic heterocycles. The van der Waals surface area contributed by atoms with Crippen LogP contribution < -0.4 is 4.74 Å². The first-order chi connectivity index (χ1) is 16.2. The fourth-order valence-corrected chi connectivity index (χ4v) is 6.77. The molecule has 33 heavy (non-hydrogen) atoms. The highest BCUT2D eigenvalue weighted by Crippen LogP contribution is 2.41. The molecule has 0 aromatic heterocycles. The number of rotatable bonds is 7. The van der Waals surface area contributed by atoms with Crippen LogP contribution in [0.15, 0.2) is 48.5 Å². The Balaban J connectivity index is 1.11. The van der Waals surface area contributed by atoms with Crippen molar-refractivity contribution in [3.05, 3.63) is 65.2 Å². The third-order valence-corrected chi connectivity index (χ3v) is 8.78. The van der Waals surface area contributed by atoms with E-state index in [1.165, 1.54) is 102 Å². The van der Waals surface area contributed by atoms with E-state index in [4.69, 9.17) is 4.74 Å². The van der Waals surface area contributed by atoms with Gasteiger partial charge in [0.15, 0.2) is 0 Å². The topological polar surface area (TPSA) is 15.7 Å². The van der Waals surface area contributed by atoms with Crippen molar-refractivity contribution < 1.29 is 4.74 Å². The van der Waals surface area contributed by atoms with Crippen LogP contribution in [-0.2, 0) is 19.4 Å². The molecule has 2 aromatic carbocycles. The predicted octanol–water partition coefficient (Wildman–Crippen LogP) is 6.10. The summed E-state index contributed by atoms with van der Waals surface area (Å²) in [6.45, 7) is 6.27. The lowest BCUT2D eigenvalue weighted by Crippen LogP contribution is -2.55. The lowest BCUT2D eigenvalue weighted by Gasteiger charge is -2.50. The molecule has 0 saturated carbocycles. The lowest BCUT2D eigenvalue weighted by atomic mass is 9.72. The van der Waals surface area contributed by atoms with Gasteiger partial charge in [-0.3, -0.25) is 9.80 Å². The number of hydrogen-bond acceptors (Lipinski definition) is 3. The van der Waals surface area contributed by atoms with Gasteiger partial charge in [0.1, 0.15) is 5.75 Å². The molecule has 2 heterocycles. The third-order valence-electron chi connectivity index (χ3n) is 8.78. The van der Waals surface area contributed by atoms with Gasteiger partial charge in [0, 0.05) is 12.1 Å². The van der Waals surface area contributed by atoms with Crippen molar-refractivity contribution in [3.8, 4) is 5.75 Å². The molecule has 1 unspecified atom stereocenters. The molecule has 0 radical (unpaired) electrons. The van der Waals surface area contributed by atoms with E-state index in [0.29, 0.717) is 5.54 Å². The van der Waals surface area contributed by atoms with Crippen molar-refractivity contribution in [1.29, 1.82) is 0 Å². The number of nitrogens with zero attached hydrogens (tertiary/aromatic N) is 2. The predicted molar refractivity (Wildman–Crippen MR) is 137 cm³/mol. The normalized spacial score (nSPS) is 24.6. The van der Waals surface area contributed by atoms with Crippen LogP contribution in [-0.4, -0.2) is 48.6 Å². The molecule has 2 fully saturated rings. The number of methoxy groups -OCH3 is 1. The first kappa shape index (κ1) is 22.9. The zero-order valence-electron chi connectivity index (χ0n) is 20.6. The quantitative estimate of drug-likeness (QED) is 0.511. The van der Waals surface area contributed by atoms with Crippen molar-refractivity contribution in [1.82, 2.24) is 9.80 Å². The number of ether oxygens (including phenoxy) is 1. The van der Waals surface area contributed by atoms with Crippen molar-refractivity contribution in [2.45, 2.75) is 76.3 Å². The van der Waals surface area contributed by atoms with Gasteiger partial charge >= 0.3 is 0 Å². The van der Waals surface area contributed by atoms with Crippen LogP contribution in [0.4, 0.5) is 0 Å². The smallest absolute Gasteiger partial charge is 0.119 e. The van der Waals surface area contributed by atoms with Crippen molar-refractivity contribution in [2.24, 2.45) is 5.92 Å². The second-order valence-corrected chi connectivity index (χ2v) is 10.8. The third kappa shape index (κ3) is 5.46. The molecular weight excluding hydrogens is 404 g/mol. The van der Waals surface area contributed by atoms with E-state index in [1.54, 1.807) is 12.7 Å². The summed E-state index contributed by atoms with van der Waals surface area (Å²) in [6, 6.07) is 17.8. The van der Waals surface area contributed by atoms with Crippen molar-refractivity contribution in [2.75, 3.05) is 33.3 Å². The molecule has 1 aliphatic carbocycles. The Morgan fingerprint density at radius 3 is 2.61 bits per heavy atom. The highest BCUT2D eigenvalue weighted by atomic mass is 16.5. The SMILES string of the molecule is COc1ccc2c(c1)CCC1(CCCCN1CCCC1CCN(Cc3ccccc3)CC1)C2. The number of benzene rings is 2. The fraction of sp³-hybridized carbons (Fsp3) is 0.600. The lowest BCUT2D eigenvalue weighted by molar-refractivity contribution is 0.0306. The van der Waals surface area contributed by atoms with E-state index in [0.717, 1.165) is 18.2 Å². The monoisotopic (exact) mass is 446 g/mol. The summed E-state index contributed by atoms with van der Waals surface area (Å²) in [4.78, 5) is 5.56. The van der Waals surface area contributed by atoms with Crippen LogP contribution in [0.25, 0.3) is 0 Å². The number of piperidine rings is 2. The second kappa shape index (κ2) is 10.6. The number of hydrogen-bond donors (Lipinski definition) is 0. The molecule has 5 rings (SSSR count). The molecule has 2 saturated heterocycles. The largest absolute Gasteiger partial charge is 0.497 e. The zero-order chi connectivity index (χ0) is 22.5. The summed E-state index contributed by atoms with van der Waals surface area (Å²) in [7, 11) is 1.78. The van der Waals surface area contributed by atoms with Gasteiger partial charge in [-0.25, -0.2) is 0 Å². The number of likely N-dealkylation sites (tertiary alicyclic amines) is 2. The highest BCUT2D eigenvalue weighted by molar-refractivity contribution is 5.39. The maximum atomic E-state index is 5.47. The molecule has 3 nitrogen and oxygen atoms in total. The van der Waals surface area contributed by atoms with Crippen LogP contribution in [0, 0.1) is 5.92 Å². The molecule has 0 bridgehead atoms. The van der Waals surface area contributed by atoms with E-state index in [-0.39, 0.29) is 0 Å². The van der Waals surface area contributed by atoms with E-state index in [2.05, 4.69) is 58.3 Å². The summed E-state index contributed by atoms with van der Waals surface area (Å²) in [5.74, 6) is 1.94. The second-order valence-electron chi connectivity index (χ2n) is 10.8. The van der Waals surface area contributed by atoms with Crippen LogP contribution in [0.5, 0.6) is 5.75 Å². The van der Waals surface area contributed by atoms with Gasteiger partial charge in [-0.05, 0) is 119 Å². The Morgan fingerprint density at radius 1 is 0.939 bits per heavy atom. The summed E-state index contributed by atoms with van der Waals surface area (Å²) in [5.41, 5.74) is 4.96. The van der Waals surface area contributed by atoms with E-state index in [9.17, 15) is 0 Å². The molecule has 178 valence electrons. The number of fused-ring (bicyclic) bond motifs is 1. The maximum Gasteiger partial charge on any atom is 0.119 e. The van der Waals surface area contributed by atoms with Gasteiger partial charge in [-0.1, -0.05) is 42.8 Å². The maximum absolute atomic E-state index is 5.47. The summed E-state index contributed by atoms with van der Waals surface area (Å²) >= 11 is 0. The fourth-order valence-electron chi connectivity index (χ4n) is 6.77. The molecule has 0 N–H and O–H groups in total. The number of aryl methyl sites for hydroxylation is 1. The van der Waals surface area contributed by atoms with E-state index in [1.807, 2.05) is 0 Å². The Kier molecular flexibility index (Phi) is 7.37. The van der Waals surface area contributed by atoms with Crippen molar-refractivity contribution >= 4 is 0 Å². The van der Waals surface area contributed by atoms with Gasteiger partial charge in [-0.2, -0.15) is 0 Å². The average Bonchev–Trinajstić information content (AvgIpc) is 2.87. The van der Waals surface area contributed by atoms with Gasteiger partial charge in [0.05, 0.1) is 7.11 Å². The summed E-state index contributed by atoms with van der Waals surface area (Å²) in [5, 5.41) is 0. The Labute approximate surface area is 201 Å². The van der Waals surface area contributed by atoms with Crippen LogP contribution >= 0.6 is 0 Å². The molecule has 3 aliphatic rings. The first-order valence-electron chi connectivity index (χ1n) is 13.4. The first-order valence-corrected chi connectivity index (χ1v) is 13.4. The summed E-state index contributed by atoms with van der Waals surface area (Å²) in [6.07, 6.45) is 13.5. The minimum atomic E-state index is 0.416. The minimum absolute atomic E-state index is 0.416. The van der Waals surface area contributed by atoms with E-state index >= 15 is 0 Å². The Bertz CT molecular complexity index is 889. The van der Waals surface area contributed by atoms with Crippen LogP contribution in [0.3, 0.4) is 0 Å². The highest BCUT2D eigenvalue weighted by Gasteiger charge is 2.41. The van der Waals surface area contributed by atoms with Gasteiger partial charge in [0.25, 0.3) is 0 Å². The van der Waals surface area contributed by atoms with Gasteiger partial charge < -0.3 is 4.74 Å². The van der Waals surface area contributed by atoms with Crippen molar-refractivity contribution in [3.63, 3.8) is 0 Å². The average molecular weight is 447 g/mol. The zero-order valence-corrected chi connectivity index (χ0v) is 20.6. The molecule has 2 aromatic rings. The molecule has 3 heteroatoms. The van der Waals surface area contributed by atoms with Crippen LogP contribution in [0.2, 0.25) is 0 Å². The van der Waals surface area contributed by atoms with Gasteiger partial charge in [0.2, 0.25) is 0 Å². The standard InChI is InChI=1S/C30H42N2O/c1-33-29-12-11-28-23-30(17-13-27(28)22-29)16-5-6-18-32(30)19-7-10-25-14-20-31(21-15-25)24-26-8-3-2-4-9-26/h2-4,8-9,11-12,22,25H,5-7,10,13-21,23-24H2,1H3.